The molecule has 2 heterocycles. The highest BCUT2D eigenvalue weighted by Gasteiger charge is 2.21. The zero-order valence-corrected chi connectivity index (χ0v) is 12.4. The fourth-order valence-electron chi connectivity index (χ4n) is 3.18. The van der Waals surface area contributed by atoms with Gasteiger partial charge in [0, 0.05) is 24.1 Å². The van der Waals surface area contributed by atoms with Crippen LogP contribution in [0.25, 0.3) is 0 Å². The highest BCUT2D eigenvalue weighted by molar-refractivity contribution is 9.10. The minimum Gasteiger partial charge on any atom is -0.317 e. The monoisotopic (exact) mass is 308 g/mol. The third-order valence-corrected chi connectivity index (χ3v) is 5.01. The SMILES string of the molecule is Brc1cccc2c1CN(CC1CCNCC1)CC2. The maximum absolute atomic E-state index is 3.70. The molecule has 18 heavy (non-hydrogen) atoms. The molecule has 0 saturated carbocycles. The summed E-state index contributed by atoms with van der Waals surface area (Å²) in [4.78, 5) is 2.64. The molecular formula is C15H21BrN2. The van der Waals surface area contributed by atoms with Crippen LogP contribution in [0.2, 0.25) is 0 Å². The summed E-state index contributed by atoms with van der Waals surface area (Å²) in [6, 6.07) is 6.61. The maximum atomic E-state index is 3.70. The second-order valence-corrected chi connectivity index (χ2v) is 6.41. The van der Waals surface area contributed by atoms with Gasteiger partial charge in [-0.05, 0) is 55.5 Å². The molecule has 1 aromatic carbocycles. The first-order valence-corrected chi connectivity index (χ1v) is 7.81. The van der Waals surface area contributed by atoms with Crippen molar-refractivity contribution in [3.63, 3.8) is 0 Å². The zero-order chi connectivity index (χ0) is 12.4. The molecule has 0 radical (unpaired) electrons. The van der Waals surface area contributed by atoms with Gasteiger partial charge < -0.3 is 5.32 Å². The molecule has 0 atom stereocenters. The van der Waals surface area contributed by atoms with Crippen molar-refractivity contribution in [3.05, 3.63) is 33.8 Å². The van der Waals surface area contributed by atoms with Gasteiger partial charge in [0.25, 0.3) is 0 Å². The molecule has 0 amide bonds. The summed E-state index contributed by atoms with van der Waals surface area (Å²) in [6.45, 7) is 6.05. The van der Waals surface area contributed by atoms with Crippen LogP contribution in [-0.2, 0) is 13.0 Å². The van der Waals surface area contributed by atoms with Crippen LogP contribution in [0.3, 0.4) is 0 Å². The summed E-state index contributed by atoms with van der Waals surface area (Å²) < 4.78 is 1.29. The van der Waals surface area contributed by atoms with E-state index in [1.807, 2.05) is 0 Å². The molecule has 98 valence electrons. The van der Waals surface area contributed by atoms with Gasteiger partial charge in [-0.1, -0.05) is 28.1 Å². The predicted molar refractivity (Wildman–Crippen MR) is 78.7 cm³/mol. The average molecular weight is 309 g/mol. The molecule has 0 aliphatic carbocycles. The van der Waals surface area contributed by atoms with Crippen LogP contribution in [0, 0.1) is 5.92 Å². The van der Waals surface area contributed by atoms with E-state index in [2.05, 4.69) is 44.3 Å². The van der Waals surface area contributed by atoms with Crippen molar-refractivity contribution in [2.24, 2.45) is 5.92 Å². The summed E-state index contributed by atoms with van der Waals surface area (Å²) >= 11 is 3.70. The van der Waals surface area contributed by atoms with E-state index in [1.54, 1.807) is 0 Å². The first kappa shape index (κ1) is 12.6. The Labute approximate surface area is 118 Å². The highest BCUT2D eigenvalue weighted by Crippen LogP contribution is 2.27. The second kappa shape index (κ2) is 5.72. The number of rotatable bonds is 2. The van der Waals surface area contributed by atoms with Crippen LogP contribution < -0.4 is 5.32 Å². The van der Waals surface area contributed by atoms with E-state index >= 15 is 0 Å². The smallest absolute Gasteiger partial charge is 0.0247 e. The number of hydrogen-bond acceptors (Lipinski definition) is 2. The number of halogens is 1. The normalized spacial score (nSPS) is 21.8. The molecular weight excluding hydrogens is 288 g/mol. The van der Waals surface area contributed by atoms with Gasteiger partial charge in [0.1, 0.15) is 0 Å². The van der Waals surface area contributed by atoms with Gasteiger partial charge in [0.15, 0.2) is 0 Å². The largest absolute Gasteiger partial charge is 0.317 e. The van der Waals surface area contributed by atoms with Crippen molar-refractivity contribution in [3.8, 4) is 0 Å². The number of fused-ring (bicyclic) bond motifs is 1. The number of hydrogen-bond donors (Lipinski definition) is 1. The highest BCUT2D eigenvalue weighted by atomic mass is 79.9. The van der Waals surface area contributed by atoms with Crippen molar-refractivity contribution in [1.82, 2.24) is 10.2 Å². The Morgan fingerprint density at radius 2 is 2.11 bits per heavy atom. The first-order valence-electron chi connectivity index (χ1n) is 7.02. The zero-order valence-electron chi connectivity index (χ0n) is 10.8. The summed E-state index contributed by atoms with van der Waals surface area (Å²) in [5.74, 6) is 0.898. The summed E-state index contributed by atoms with van der Waals surface area (Å²) in [6.07, 6.45) is 3.90. The molecule has 0 aromatic heterocycles. The molecule has 1 fully saturated rings. The Kier molecular flexibility index (Phi) is 4.02. The lowest BCUT2D eigenvalue weighted by atomic mass is 9.95. The van der Waals surface area contributed by atoms with Crippen LogP contribution in [0.5, 0.6) is 0 Å². The van der Waals surface area contributed by atoms with Crippen molar-refractivity contribution >= 4 is 15.9 Å². The molecule has 2 aliphatic heterocycles. The lowest BCUT2D eigenvalue weighted by molar-refractivity contribution is 0.191. The van der Waals surface area contributed by atoms with Crippen LogP contribution in [0.1, 0.15) is 24.0 Å². The van der Waals surface area contributed by atoms with E-state index in [0.717, 1.165) is 12.5 Å². The Bertz CT molecular complexity index is 413. The number of piperidine rings is 1. The van der Waals surface area contributed by atoms with Crippen LogP contribution in [0.15, 0.2) is 22.7 Å². The predicted octanol–water partition coefficient (Wildman–Crippen LogP) is 2.81. The molecule has 2 aliphatic rings. The Balaban J connectivity index is 1.65. The minimum absolute atomic E-state index is 0.898. The summed E-state index contributed by atoms with van der Waals surface area (Å²) in [7, 11) is 0. The minimum atomic E-state index is 0.898. The molecule has 1 N–H and O–H groups in total. The fraction of sp³-hybridized carbons (Fsp3) is 0.600. The first-order chi connectivity index (χ1) is 8.83. The third-order valence-electron chi connectivity index (χ3n) is 4.27. The Morgan fingerprint density at radius 3 is 2.94 bits per heavy atom. The van der Waals surface area contributed by atoms with E-state index in [9.17, 15) is 0 Å². The molecule has 3 heteroatoms. The molecule has 3 rings (SSSR count). The quantitative estimate of drug-likeness (QED) is 0.904. The third kappa shape index (κ3) is 2.79. The van der Waals surface area contributed by atoms with Crippen LogP contribution in [-0.4, -0.2) is 31.1 Å². The van der Waals surface area contributed by atoms with E-state index < -0.39 is 0 Å². The van der Waals surface area contributed by atoms with Crippen LogP contribution in [0.4, 0.5) is 0 Å². The van der Waals surface area contributed by atoms with Crippen LogP contribution >= 0.6 is 15.9 Å². The van der Waals surface area contributed by atoms with E-state index in [-0.39, 0.29) is 0 Å². The fourth-order valence-corrected chi connectivity index (χ4v) is 3.71. The standard InChI is InChI=1S/C15H21BrN2/c16-15-3-1-2-13-6-9-18(11-14(13)15)10-12-4-7-17-8-5-12/h1-3,12,17H,4-11H2. The molecule has 2 nitrogen and oxygen atoms in total. The Morgan fingerprint density at radius 1 is 1.28 bits per heavy atom. The number of nitrogens with one attached hydrogen (secondary N) is 1. The van der Waals surface area contributed by atoms with Gasteiger partial charge in [-0.25, -0.2) is 0 Å². The lowest BCUT2D eigenvalue weighted by Crippen LogP contribution is -2.38. The molecule has 1 saturated heterocycles. The van der Waals surface area contributed by atoms with E-state index in [0.29, 0.717) is 0 Å². The van der Waals surface area contributed by atoms with Gasteiger partial charge in [0.05, 0.1) is 0 Å². The number of nitrogens with zero attached hydrogens (tertiary/aromatic N) is 1. The van der Waals surface area contributed by atoms with Gasteiger partial charge in [-0.2, -0.15) is 0 Å². The van der Waals surface area contributed by atoms with Gasteiger partial charge in [0.2, 0.25) is 0 Å². The molecule has 0 bridgehead atoms. The topological polar surface area (TPSA) is 15.3 Å². The van der Waals surface area contributed by atoms with Gasteiger partial charge >= 0.3 is 0 Å². The number of benzene rings is 1. The Hall–Kier alpha value is -0.380. The lowest BCUT2D eigenvalue weighted by Gasteiger charge is -2.33. The van der Waals surface area contributed by atoms with E-state index in [4.69, 9.17) is 0 Å². The second-order valence-electron chi connectivity index (χ2n) is 5.56. The average Bonchev–Trinajstić information content (AvgIpc) is 2.41. The van der Waals surface area contributed by atoms with E-state index in [1.165, 1.54) is 61.0 Å². The van der Waals surface area contributed by atoms with Crippen molar-refractivity contribution in [2.75, 3.05) is 26.2 Å². The summed E-state index contributed by atoms with van der Waals surface area (Å²) in [5.41, 5.74) is 3.05. The van der Waals surface area contributed by atoms with Crippen molar-refractivity contribution < 1.29 is 0 Å². The molecule has 0 unspecified atom stereocenters. The molecule has 0 spiro atoms. The van der Waals surface area contributed by atoms with Crippen molar-refractivity contribution in [2.45, 2.75) is 25.8 Å². The van der Waals surface area contributed by atoms with Gasteiger partial charge in [-0.3, -0.25) is 4.90 Å². The maximum Gasteiger partial charge on any atom is 0.0247 e. The molecule has 1 aromatic rings. The van der Waals surface area contributed by atoms with Crippen molar-refractivity contribution in [1.29, 1.82) is 0 Å². The van der Waals surface area contributed by atoms with Gasteiger partial charge in [-0.15, -0.1) is 0 Å². The summed E-state index contributed by atoms with van der Waals surface area (Å²) in [5, 5.41) is 3.45.